The summed E-state index contributed by atoms with van der Waals surface area (Å²) in [6.07, 6.45) is -1.94. The third kappa shape index (κ3) is 2.97. The lowest BCUT2D eigenvalue weighted by Crippen LogP contribution is -2.61. The smallest absolute Gasteiger partial charge is 0.294 e. The van der Waals surface area contributed by atoms with E-state index in [1.165, 1.54) is 4.90 Å². The molecule has 15 heavy (non-hydrogen) atoms. The second-order valence-corrected chi connectivity index (χ2v) is 6.03. The molecule has 0 amide bonds. The number of likely N-dealkylation sites (tertiary alicyclic amines) is 1. The molecule has 0 aromatic rings. The number of hydrogen-bond donors (Lipinski definition) is 0. The van der Waals surface area contributed by atoms with E-state index >= 15 is 0 Å². The van der Waals surface area contributed by atoms with Crippen molar-refractivity contribution in [2.24, 2.45) is 5.41 Å². The van der Waals surface area contributed by atoms with Gasteiger partial charge in [-0.2, -0.15) is 13.2 Å². The molecule has 1 spiro atoms. The number of alkyl halides is 3. The van der Waals surface area contributed by atoms with Crippen molar-refractivity contribution in [1.29, 1.82) is 0 Å². The fourth-order valence-electron chi connectivity index (χ4n) is 2.54. The molecule has 0 aromatic carbocycles. The maximum atomic E-state index is 12.1. The standard InChI is InChI=1S/C9H14F3IN2/c10-9(11,12)7-14-5-8(6-14)1-3-15(13)4-2-8/h1-7H2. The van der Waals surface area contributed by atoms with Crippen molar-refractivity contribution < 1.29 is 13.2 Å². The molecule has 2 aliphatic rings. The largest absolute Gasteiger partial charge is 0.401 e. The molecule has 2 aliphatic heterocycles. The Morgan fingerprint density at radius 2 is 1.67 bits per heavy atom. The minimum Gasteiger partial charge on any atom is -0.294 e. The zero-order valence-corrected chi connectivity index (χ0v) is 10.5. The van der Waals surface area contributed by atoms with Gasteiger partial charge in [0.2, 0.25) is 0 Å². The van der Waals surface area contributed by atoms with Crippen LogP contribution in [0.2, 0.25) is 0 Å². The molecule has 0 aliphatic carbocycles. The van der Waals surface area contributed by atoms with E-state index in [1.54, 1.807) is 0 Å². The van der Waals surface area contributed by atoms with Crippen molar-refractivity contribution in [2.75, 3.05) is 32.7 Å². The van der Waals surface area contributed by atoms with Gasteiger partial charge in [-0.15, -0.1) is 0 Å². The van der Waals surface area contributed by atoms with Gasteiger partial charge in [-0.25, -0.2) is 3.11 Å². The van der Waals surface area contributed by atoms with Gasteiger partial charge in [0, 0.05) is 49.0 Å². The van der Waals surface area contributed by atoms with Gasteiger partial charge in [-0.3, -0.25) is 4.90 Å². The van der Waals surface area contributed by atoms with Gasteiger partial charge in [-0.1, -0.05) is 0 Å². The summed E-state index contributed by atoms with van der Waals surface area (Å²) in [7, 11) is 0. The highest BCUT2D eigenvalue weighted by Crippen LogP contribution is 2.41. The Kier molecular flexibility index (Phi) is 3.20. The van der Waals surface area contributed by atoms with Crippen LogP contribution in [0.1, 0.15) is 12.8 Å². The zero-order chi connectivity index (χ0) is 11.1. The van der Waals surface area contributed by atoms with Crippen LogP contribution >= 0.6 is 22.9 Å². The van der Waals surface area contributed by atoms with E-state index in [4.69, 9.17) is 0 Å². The van der Waals surface area contributed by atoms with E-state index in [2.05, 4.69) is 26.0 Å². The van der Waals surface area contributed by atoms with Crippen LogP contribution in [0.25, 0.3) is 0 Å². The van der Waals surface area contributed by atoms with Gasteiger partial charge in [0.1, 0.15) is 0 Å². The van der Waals surface area contributed by atoms with Crippen LogP contribution in [0.4, 0.5) is 13.2 Å². The van der Waals surface area contributed by atoms with E-state index in [0.29, 0.717) is 13.1 Å². The molecule has 0 saturated carbocycles. The Morgan fingerprint density at radius 1 is 1.13 bits per heavy atom. The van der Waals surface area contributed by atoms with Crippen molar-refractivity contribution in [1.82, 2.24) is 8.01 Å². The summed E-state index contributed by atoms with van der Waals surface area (Å²) in [5.41, 5.74) is 0.201. The summed E-state index contributed by atoms with van der Waals surface area (Å²) in [5, 5.41) is 0. The summed E-state index contributed by atoms with van der Waals surface area (Å²) in [6.45, 7) is 2.57. The van der Waals surface area contributed by atoms with Crippen LogP contribution < -0.4 is 0 Å². The van der Waals surface area contributed by atoms with E-state index < -0.39 is 12.7 Å². The predicted molar refractivity (Wildman–Crippen MR) is 59.8 cm³/mol. The average molecular weight is 334 g/mol. The SMILES string of the molecule is FC(F)(F)CN1CC2(CCN(I)CC2)C1. The molecule has 2 fully saturated rings. The van der Waals surface area contributed by atoms with Crippen molar-refractivity contribution in [3.8, 4) is 0 Å². The highest BCUT2D eigenvalue weighted by Gasteiger charge is 2.47. The fraction of sp³-hybridized carbons (Fsp3) is 1.00. The van der Waals surface area contributed by atoms with E-state index in [1.807, 2.05) is 0 Å². The Hall–Kier alpha value is 0.440. The minimum atomic E-state index is -4.04. The molecule has 0 aromatic heterocycles. The number of halogens is 4. The van der Waals surface area contributed by atoms with Gasteiger partial charge >= 0.3 is 6.18 Å². The van der Waals surface area contributed by atoms with Gasteiger partial charge in [-0.05, 0) is 18.3 Å². The molecule has 0 atom stereocenters. The first-order valence-electron chi connectivity index (χ1n) is 5.08. The lowest BCUT2D eigenvalue weighted by molar-refractivity contribution is -0.173. The second kappa shape index (κ2) is 4.03. The Labute approximate surface area is 101 Å². The number of rotatable bonds is 1. The van der Waals surface area contributed by atoms with Crippen molar-refractivity contribution >= 4 is 22.9 Å². The van der Waals surface area contributed by atoms with Gasteiger partial charge in [0.15, 0.2) is 0 Å². The molecular weight excluding hydrogens is 320 g/mol. The number of hydrogen-bond acceptors (Lipinski definition) is 2. The average Bonchev–Trinajstić information content (AvgIpc) is 2.04. The summed E-state index contributed by atoms with van der Waals surface area (Å²) in [5.74, 6) is 0. The summed E-state index contributed by atoms with van der Waals surface area (Å²) >= 11 is 2.28. The molecule has 0 bridgehead atoms. The molecule has 0 unspecified atom stereocenters. The van der Waals surface area contributed by atoms with Crippen LogP contribution in [0.15, 0.2) is 0 Å². The molecule has 2 heterocycles. The van der Waals surface area contributed by atoms with Gasteiger partial charge in [0.05, 0.1) is 6.54 Å². The van der Waals surface area contributed by atoms with Gasteiger partial charge < -0.3 is 0 Å². The van der Waals surface area contributed by atoms with Crippen LogP contribution in [0.3, 0.4) is 0 Å². The van der Waals surface area contributed by atoms with Crippen molar-refractivity contribution in [3.05, 3.63) is 0 Å². The lowest BCUT2D eigenvalue weighted by Gasteiger charge is -2.53. The molecule has 0 N–H and O–H groups in total. The Balaban J connectivity index is 1.77. The van der Waals surface area contributed by atoms with Crippen LogP contribution in [-0.4, -0.2) is 46.9 Å². The van der Waals surface area contributed by atoms with Crippen molar-refractivity contribution in [3.63, 3.8) is 0 Å². The lowest BCUT2D eigenvalue weighted by atomic mass is 9.72. The van der Waals surface area contributed by atoms with E-state index in [-0.39, 0.29) is 5.41 Å². The molecule has 6 heteroatoms. The van der Waals surface area contributed by atoms with Crippen LogP contribution in [0, 0.1) is 5.41 Å². The van der Waals surface area contributed by atoms with Gasteiger partial charge in [0.25, 0.3) is 0 Å². The van der Waals surface area contributed by atoms with E-state index in [0.717, 1.165) is 25.9 Å². The molecule has 2 saturated heterocycles. The highest BCUT2D eigenvalue weighted by atomic mass is 127. The zero-order valence-electron chi connectivity index (χ0n) is 8.36. The topological polar surface area (TPSA) is 6.48 Å². The summed E-state index contributed by atoms with van der Waals surface area (Å²) in [4.78, 5) is 1.52. The third-order valence-corrected chi connectivity index (χ3v) is 4.26. The second-order valence-electron chi connectivity index (χ2n) is 4.67. The molecule has 0 radical (unpaired) electrons. The Morgan fingerprint density at radius 3 is 2.13 bits per heavy atom. The fourth-order valence-corrected chi connectivity index (χ4v) is 3.02. The summed E-state index contributed by atoms with van der Waals surface area (Å²) in [6, 6.07) is 0. The Bertz CT molecular complexity index is 228. The van der Waals surface area contributed by atoms with Crippen LogP contribution in [0.5, 0.6) is 0 Å². The minimum absolute atomic E-state index is 0.201. The molecule has 88 valence electrons. The molecular formula is C9H14F3IN2. The normalized spacial score (nSPS) is 28.0. The maximum Gasteiger partial charge on any atom is 0.401 e. The monoisotopic (exact) mass is 334 g/mol. The quantitative estimate of drug-likeness (QED) is 0.536. The molecule has 2 rings (SSSR count). The predicted octanol–water partition coefficient (Wildman–Crippen LogP) is 2.30. The highest BCUT2D eigenvalue weighted by molar-refractivity contribution is 14.1. The first kappa shape index (κ1) is 11.9. The summed E-state index contributed by atoms with van der Waals surface area (Å²) < 4.78 is 38.5. The van der Waals surface area contributed by atoms with Crippen molar-refractivity contribution in [2.45, 2.75) is 19.0 Å². The first-order chi connectivity index (χ1) is 6.89. The number of piperidine rings is 1. The third-order valence-electron chi connectivity index (χ3n) is 3.29. The van der Waals surface area contributed by atoms with E-state index in [9.17, 15) is 13.2 Å². The molecule has 2 nitrogen and oxygen atoms in total. The maximum absolute atomic E-state index is 12.1. The van der Waals surface area contributed by atoms with Crippen LogP contribution in [-0.2, 0) is 0 Å². The first-order valence-corrected chi connectivity index (χ1v) is 6.05. The number of nitrogens with zero attached hydrogens (tertiary/aromatic N) is 2.